The number of anilines is 1. The predicted molar refractivity (Wildman–Crippen MR) is 118 cm³/mol. The van der Waals surface area contributed by atoms with Gasteiger partial charge in [-0.05, 0) is 58.1 Å². The molecule has 0 aromatic carbocycles. The average molecular weight is 452 g/mol. The van der Waals surface area contributed by atoms with Gasteiger partial charge >= 0.3 is 16.3 Å². The fourth-order valence-corrected chi connectivity index (χ4v) is 4.34. The summed E-state index contributed by atoms with van der Waals surface area (Å²) in [7, 11) is -3.96. The average Bonchev–Trinajstić information content (AvgIpc) is 2.65. The van der Waals surface area contributed by atoms with Crippen LogP contribution in [-0.4, -0.2) is 49.7 Å². The molecular formula is C20H29N5O5S. The number of nitrogens with one attached hydrogen (secondary N) is 3. The summed E-state index contributed by atoms with van der Waals surface area (Å²) in [6, 6.07) is 5.23. The van der Waals surface area contributed by atoms with Gasteiger partial charge in [0.25, 0.3) is 0 Å². The van der Waals surface area contributed by atoms with Crippen LogP contribution in [0.4, 0.5) is 10.5 Å². The van der Waals surface area contributed by atoms with E-state index in [1.54, 1.807) is 33.0 Å². The molecule has 0 saturated carbocycles. The van der Waals surface area contributed by atoms with Gasteiger partial charge in [0.1, 0.15) is 11.2 Å². The first-order chi connectivity index (χ1) is 14.5. The van der Waals surface area contributed by atoms with E-state index in [4.69, 9.17) is 4.74 Å². The Morgan fingerprint density at radius 2 is 1.97 bits per heavy atom. The lowest BCUT2D eigenvalue weighted by atomic mass is 9.93. The molecule has 0 unspecified atom stereocenters. The van der Waals surface area contributed by atoms with Crippen LogP contribution < -0.4 is 19.9 Å². The molecule has 10 nitrogen and oxygen atoms in total. The van der Waals surface area contributed by atoms with Gasteiger partial charge in [0.05, 0.1) is 0 Å². The maximum Gasteiger partial charge on any atom is 0.422 e. The van der Waals surface area contributed by atoms with Gasteiger partial charge in [0.2, 0.25) is 5.56 Å². The van der Waals surface area contributed by atoms with Crippen molar-refractivity contribution >= 4 is 33.0 Å². The predicted octanol–water partition coefficient (Wildman–Crippen LogP) is 1.89. The Morgan fingerprint density at radius 1 is 1.26 bits per heavy atom. The number of carbonyl (C=O) groups is 1. The molecular weight excluding hydrogens is 422 g/mol. The fraction of sp³-hybridized carbons (Fsp3) is 0.550. The van der Waals surface area contributed by atoms with Crippen molar-refractivity contribution in [3.8, 4) is 0 Å². The Bertz CT molecular complexity index is 1090. The highest BCUT2D eigenvalue weighted by Crippen LogP contribution is 2.29. The van der Waals surface area contributed by atoms with E-state index in [1.165, 1.54) is 6.07 Å². The third-order valence-corrected chi connectivity index (χ3v) is 6.05. The molecule has 1 fully saturated rings. The van der Waals surface area contributed by atoms with Crippen molar-refractivity contribution in [1.82, 2.24) is 19.4 Å². The van der Waals surface area contributed by atoms with Crippen LogP contribution in [0, 0.1) is 5.92 Å². The number of aromatic amines is 1. The van der Waals surface area contributed by atoms with E-state index in [2.05, 4.69) is 19.6 Å². The van der Waals surface area contributed by atoms with E-state index in [9.17, 15) is 18.0 Å². The number of ether oxygens (including phenoxy) is 1. The summed E-state index contributed by atoms with van der Waals surface area (Å²) in [6.07, 6.45) is 3.18. The molecule has 11 heteroatoms. The second-order valence-electron chi connectivity index (χ2n) is 8.64. The van der Waals surface area contributed by atoms with Gasteiger partial charge in [0, 0.05) is 43.0 Å². The van der Waals surface area contributed by atoms with Gasteiger partial charge in [-0.2, -0.15) is 13.1 Å². The van der Waals surface area contributed by atoms with E-state index in [-0.39, 0.29) is 12.1 Å². The van der Waals surface area contributed by atoms with Gasteiger partial charge in [-0.25, -0.2) is 14.5 Å². The van der Waals surface area contributed by atoms with Crippen molar-refractivity contribution < 1.29 is 17.9 Å². The molecule has 1 saturated heterocycles. The van der Waals surface area contributed by atoms with Crippen molar-refractivity contribution in [2.75, 3.05) is 24.5 Å². The number of amides is 1. The molecule has 0 radical (unpaired) electrons. The normalized spacial score (nSPS) is 15.8. The maximum absolute atomic E-state index is 12.0. The molecule has 3 rings (SSSR count). The third kappa shape index (κ3) is 6.66. The summed E-state index contributed by atoms with van der Waals surface area (Å²) in [5, 5.41) is 0.904. The number of carbonyl (C=O) groups excluding carboxylic acids is 1. The van der Waals surface area contributed by atoms with Crippen LogP contribution in [0.5, 0.6) is 0 Å². The van der Waals surface area contributed by atoms with Gasteiger partial charge in [-0.3, -0.25) is 4.79 Å². The minimum Gasteiger partial charge on any atom is -0.443 e. The SMILES string of the molecule is CC(C)(C)OC(=O)NS(=O)(=O)NCCC1CCN(c2ccnc3[nH]c(=O)ccc23)CC1. The van der Waals surface area contributed by atoms with Gasteiger partial charge in [-0.15, -0.1) is 0 Å². The minimum absolute atomic E-state index is 0.181. The van der Waals surface area contributed by atoms with E-state index >= 15 is 0 Å². The lowest BCUT2D eigenvalue weighted by Crippen LogP contribution is -2.43. The first kappa shape index (κ1) is 23.0. The standard InChI is InChI=1S/C20H29N5O5S/c1-20(2,3)30-19(27)24-31(28,29)22-11-6-14-8-12-25(13-9-14)16-7-10-21-18-15(16)4-5-17(26)23-18/h4-5,7,10,14,22H,6,8-9,11-13H2,1-3H3,(H,24,27)(H,21,23,26). The molecule has 1 aliphatic heterocycles. The van der Waals surface area contributed by atoms with Gasteiger partial charge in [-0.1, -0.05) is 0 Å². The highest BCUT2D eigenvalue weighted by atomic mass is 32.2. The second-order valence-corrected chi connectivity index (χ2v) is 10.1. The summed E-state index contributed by atoms with van der Waals surface area (Å²) in [5.41, 5.74) is 0.642. The zero-order valence-corrected chi connectivity index (χ0v) is 18.8. The van der Waals surface area contributed by atoms with E-state index < -0.39 is 21.9 Å². The third-order valence-electron chi connectivity index (χ3n) is 5.03. The highest BCUT2D eigenvalue weighted by Gasteiger charge is 2.23. The summed E-state index contributed by atoms with van der Waals surface area (Å²) in [6.45, 7) is 6.87. The molecule has 170 valence electrons. The number of aromatic nitrogens is 2. The zero-order chi connectivity index (χ0) is 22.6. The number of nitrogens with zero attached hydrogens (tertiary/aromatic N) is 2. The van der Waals surface area contributed by atoms with Crippen LogP contribution in [0.3, 0.4) is 0 Å². The molecule has 2 aromatic heterocycles. The van der Waals surface area contributed by atoms with Crippen molar-refractivity contribution in [3.05, 3.63) is 34.7 Å². The van der Waals surface area contributed by atoms with Crippen molar-refractivity contribution in [3.63, 3.8) is 0 Å². The monoisotopic (exact) mass is 451 g/mol. The van der Waals surface area contributed by atoms with Crippen molar-refractivity contribution in [1.29, 1.82) is 0 Å². The molecule has 0 aliphatic carbocycles. The number of hydrogen-bond acceptors (Lipinski definition) is 7. The van der Waals surface area contributed by atoms with Crippen LogP contribution in [-0.2, 0) is 14.9 Å². The topological polar surface area (TPSA) is 133 Å². The van der Waals surface area contributed by atoms with Crippen molar-refractivity contribution in [2.45, 2.75) is 45.6 Å². The summed E-state index contributed by atoms with van der Waals surface area (Å²) >= 11 is 0. The lowest BCUT2D eigenvalue weighted by molar-refractivity contribution is 0.0569. The van der Waals surface area contributed by atoms with Crippen LogP contribution in [0.25, 0.3) is 11.0 Å². The summed E-state index contributed by atoms with van der Waals surface area (Å²) in [4.78, 5) is 32.4. The number of piperidine rings is 1. The first-order valence-electron chi connectivity index (χ1n) is 10.3. The Kier molecular flexibility index (Phi) is 6.85. The molecule has 0 atom stereocenters. The van der Waals surface area contributed by atoms with Crippen LogP contribution >= 0.6 is 0 Å². The number of hydrogen-bond donors (Lipinski definition) is 3. The van der Waals surface area contributed by atoms with Crippen LogP contribution in [0.2, 0.25) is 0 Å². The number of H-pyrrole nitrogens is 1. The molecule has 0 spiro atoms. The van der Waals surface area contributed by atoms with Gasteiger partial charge < -0.3 is 14.6 Å². The Morgan fingerprint density at radius 3 is 2.65 bits per heavy atom. The van der Waals surface area contributed by atoms with Crippen LogP contribution in [0.1, 0.15) is 40.0 Å². The molecule has 1 amide bonds. The first-order valence-corrected chi connectivity index (χ1v) is 11.7. The molecule has 2 aromatic rings. The molecule has 3 N–H and O–H groups in total. The fourth-order valence-electron chi connectivity index (χ4n) is 3.62. The molecule has 31 heavy (non-hydrogen) atoms. The van der Waals surface area contributed by atoms with Gasteiger partial charge in [0.15, 0.2) is 0 Å². The molecule has 1 aliphatic rings. The second kappa shape index (κ2) is 9.23. The van der Waals surface area contributed by atoms with E-state index in [0.717, 1.165) is 37.0 Å². The number of fused-ring (bicyclic) bond motifs is 1. The molecule has 0 bridgehead atoms. The highest BCUT2D eigenvalue weighted by molar-refractivity contribution is 7.88. The summed E-state index contributed by atoms with van der Waals surface area (Å²) in [5.74, 6) is 0.369. The number of rotatable bonds is 6. The van der Waals surface area contributed by atoms with E-state index in [0.29, 0.717) is 18.0 Å². The maximum atomic E-state index is 12.0. The van der Waals surface area contributed by atoms with Crippen LogP contribution in [0.15, 0.2) is 29.2 Å². The molecule has 3 heterocycles. The zero-order valence-electron chi connectivity index (χ0n) is 18.0. The smallest absolute Gasteiger partial charge is 0.422 e. The largest absolute Gasteiger partial charge is 0.443 e. The summed E-state index contributed by atoms with van der Waals surface area (Å²) < 4.78 is 33.2. The number of pyridine rings is 2. The Balaban J connectivity index is 1.48. The van der Waals surface area contributed by atoms with E-state index in [1.807, 2.05) is 10.8 Å². The minimum atomic E-state index is -3.96. The van der Waals surface area contributed by atoms with Crippen molar-refractivity contribution in [2.24, 2.45) is 5.92 Å². The lowest BCUT2D eigenvalue weighted by Gasteiger charge is -2.34. The Hall–Kier alpha value is -2.66. The Labute approximate surface area is 181 Å². The quantitative estimate of drug-likeness (QED) is 0.611.